The molecule has 396 valence electrons. The molecule has 3 saturated heterocycles. The number of hydrogen-bond donors (Lipinski definition) is 3. The molecule has 30 heteroatoms. The van der Waals surface area contributed by atoms with Gasteiger partial charge in [0.2, 0.25) is 0 Å². The molecular weight excluding hydrogens is 1000 g/mol. The second kappa shape index (κ2) is 22.9. The first kappa shape index (κ1) is 51.5. The number of anilines is 6. The zero-order valence-corrected chi connectivity index (χ0v) is 43.4. The third-order valence-corrected chi connectivity index (χ3v) is 12.7. The number of pyridine rings is 3. The lowest BCUT2D eigenvalue weighted by atomic mass is 10.2. The first-order valence-electron chi connectivity index (χ1n) is 24.6. The summed E-state index contributed by atoms with van der Waals surface area (Å²) in [6, 6.07) is 10.00. The van der Waals surface area contributed by atoms with Crippen molar-refractivity contribution in [1.82, 2.24) is 59.2 Å². The lowest BCUT2D eigenvalue weighted by Gasteiger charge is -2.28. The Labute approximate surface area is 446 Å². The molecule has 0 radical (unpaired) electrons. The Morgan fingerprint density at radius 1 is 0.487 bits per heavy atom. The van der Waals surface area contributed by atoms with E-state index in [9.17, 15) is 10.5 Å². The van der Waals surface area contributed by atoms with Gasteiger partial charge in [-0.2, -0.15) is 54.8 Å². The highest BCUT2D eigenvalue weighted by molar-refractivity contribution is 5.72. The van der Waals surface area contributed by atoms with Gasteiger partial charge < -0.3 is 44.9 Å². The molecule has 10 rings (SSSR count). The number of ether oxygens (including phenoxy) is 3. The Hall–Kier alpha value is -9.96. The van der Waals surface area contributed by atoms with Gasteiger partial charge in [0.25, 0.3) is 23.5 Å². The molecule has 3 fully saturated rings. The highest BCUT2D eigenvalue weighted by Crippen LogP contribution is 2.38. The monoisotopic (exact) mass is 1050 g/mol. The molecule has 3 aliphatic rings. The minimum Gasteiger partial charge on any atom is -0.378 e. The van der Waals surface area contributed by atoms with Gasteiger partial charge in [-0.05, 0) is 55.7 Å². The number of hydrogen-bond acceptors (Lipinski definition) is 26. The van der Waals surface area contributed by atoms with Gasteiger partial charge in [0, 0.05) is 60.4 Å². The van der Waals surface area contributed by atoms with Crippen LogP contribution in [0.3, 0.4) is 0 Å². The minimum atomic E-state index is -0.219. The summed E-state index contributed by atoms with van der Waals surface area (Å²) in [4.78, 5) is 38.9. The van der Waals surface area contributed by atoms with E-state index in [0.29, 0.717) is 113 Å². The fourth-order valence-corrected chi connectivity index (χ4v) is 8.61. The Kier molecular flexibility index (Phi) is 15.1. The van der Waals surface area contributed by atoms with Crippen molar-refractivity contribution in [2.45, 2.75) is 20.8 Å². The van der Waals surface area contributed by atoms with E-state index in [1.807, 2.05) is 39.0 Å². The first-order valence-corrected chi connectivity index (χ1v) is 24.6. The van der Waals surface area contributed by atoms with Crippen LogP contribution in [0.2, 0.25) is 0 Å². The molecule has 0 aromatic carbocycles. The minimum absolute atomic E-state index is 0.00239. The SMILES string of the molecule is [C-]#[N+]c1cnn(-c2nc(-n3ncc(C#N)c3/N=N/c3c(C)cc(N4CCOCC4)nc3NC)nc(-n3ncc(C#N)c3/N=N/c3c(C)cc(N4CCOCC4)nc3NC)n2)c1/N=N/c1c(C)cc(N2CCOCC2)nc1NC. The van der Waals surface area contributed by atoms with Crippen LogP contribution >= 0.6 is 0 Å². The largest absolute Gasteiger partial charge is 0.378 e. The van der Waals surface area contributed by atoms with Gasteiger partial charge in [-0.15, -0.1) is 30.7 Å². The normalized spacial score (nSPS) is 15.0. The van der Waals surface area contributed by atoms with Crippen molar-refractivity contribution in [3.8, 4) is 30.0 Å². The average Bonchev–Trinajstić information content (AvgIpc) is 4.27. The Morgan fingerprint density at radius 2 is 0.808 bits per heavy atom. The first-order chi connectivity index (χ1) is 38.1. The van der Waals surface area contributed by atoms with Gasteiger partial charge in [-0.25, -0.2) is 19.8 Å². The van der Waals surface area contributed by atoms with Gasteiger partial charge in [-0.3, -0.25) is 0 Å². The fourth-order valence-electron chi connectivity index (χ4n) is 8.61. The summed E-state index contributed by atoms with van der Waals surface area (Å²) in [5.74, 6) is 2.73. The lowest BCUT2D eigenvalue weighted by Crippen LogP contribution is -2.36. The standard InChI is InChI=1S/C48H51N27O3/c1-28-20-34(70-8-14-76-15-9-70)58-40(52-5)37(28)64-67-43-31(23-49)25-55-73(43)46-61-47(74-44(32(24-50)26-56-74)68-65-38-29(2)21-35(59-41(38)53-6)71-10-16-77-17-11-71)63-48(62-46)75-45(33(51-4)27-57-75)69-66-39-30(3)22-36(60-42(39)54-7)72-12-18-78-19-13-72/h20-22,25-27H,8-19H2,1-3,5-7H3,(H,52,58)(H,53,59)(H,54,60)/b67-64+,68-65+,69-66+. The van der Waals surface area contributed by atoms with Crippen molar-refractivity contribution >= 4 is 75.1 Å². The maximum absolute atomic E-state index is 10.4. The topological polar surface area (TPSA) is 330 Å². The van der Waals surface area contributed by atoms with E-state index >= 15 is 0 Å². The van der Waals surface area contributed by atoms with Crippen LogP contribution in [0, 0.1) is 50.0 Å². The molecule has 30 nitrogen and oxygen atoms in total. The van der Waals surface area contributed by atoms with Crippen molar-refractivity contribution in [3.05, 3.63) is 76.0 Å². The summed E-state index contributed by atoms with van der Waals surface area (Å²) in [6.45, 7) is 21.3. The van der Waals surface area contributed by atoms with Crippen LogP contribution in [0.25, 0.3) is 22.7 Å². The van der Waals surface area contributed by atoms with Crippen LogP contribution in [0.4, 0.5) is 75.1 Å². The average molecular weight is 1050 g/mol. The quantitative estimate of drug-likeness (QED) is 0.0709. The third-order valence-electron chi connectivity index (χ3n) is 12.7. The summed E-state index contributed by atoms with van der Waals surface area (Å²) in [7, 11) is 5.19. The van der Waals surface area contributed by atoms with Gasteiger partial charge in [0.15, 0.2) is 34.9 Å². The lowest BCUT2D eigenvalue weighted by molar-refractivity contribution is 0.122. The number of azo groups is 3. The predicted molar refractivity (Wildman–Crippen MR) is 284 cm³/mol. The summed E-state index contributed by atoms with van der Waals surface area (Å²) in [5, 5.41) is 71.3. The molecule has 0 spiro atoms. The maximum Gasteiger partial charge on any atom is 0.259 e. The Morgan fingerprint density at radius 3 is 1.13 bits per heavy atom. The van der Waals surface area contributed by atoms with Crippen molar-refractivity contribution in [2.75, 3.05) is 131 Å². The smallest absolute Gasteiger partial charge is 0.259 e. The van der Waals surface area contributed by atoms with Crippen molar-refractivity contribution in [3.63, 3.8) is 0 Å². The molecule has 0 aliphatic carbocycles. The molecule has 0 amide bonds. The van der Waals surface area contributed by atoms with E-state index in [1.165, 1.54) is 32.6 Å². The van der Waals surface area contributed by atoms with Crippen LogP contribution in [0.5, 0.6) is 0 Å². The summed E-state index contributed by atoms with van der Waals surface area (Å²) < 4.78 is 20.2. The van der Waals surface area contributed by atoms with Gasteiger partial charge in [0.1, 0.15) is 57.8 Å². The number of aromatic nitrogens is 12. The van der Waals surface area contributed by atoms with Crippen LogP contribution < -0.4 is 30.7 Å². The summed E-state index contributed by atoms with van der Waals surface area (Å²) >= 11 is 0. The molecule has 0 unspecified atom stereocenters. The van der Waals surface area contributed by atoms with Crippen molar-refractivity contribution < 1.29 is 14.2 Å². The van der Waals surface area contributed by atoms with Gasteiger partial charge >= 0.3 is 0 Å². The summed E-state index contributed by atoms with van der Waals surface area (Å²) in [5.41, 5.74) is 3.50. The number of morpholine rings is 3. The molecule has 3 aliphatic heterocycles. The molecule has 0 saturated carbocycles. The summed E-state index contributed by atoms with van der Waals surface area (Å²) in [6.07, 6.45) is 3.86. The van der Waals surface area contributed by atoms with Crippen LogP contribution in [0.1, 0.15) is 27.8 Å². The highest BCUT2D eigenvalue weighted by atomic mass is 16.5. The zero-order chi connectivity index (χ0) is 54.3. The number of aryl methyl sites for hydroxylation is 3. The van der Waals surface area contributed by atoms with E-state index in [2.05, 4.69) is 93.6 Å². The van der Waals surface area contributed by atoms with Crippen molar-refractivity contribution in [2.24, 2.45) is 30.7 Å². The van der Waals surface area contributed by atoms with Gasteiger partial charge in [-0.1, -0.05) is 0 Å². The molecule has 7 aromatic heterocycles. The van der Waals surface area contributed by atoms with Crippen LogP contribution in [0.15, 0.2) is 67.5 Å². The molecule has 7 aromatic rings. The number of nitriles is 2. The zero-order valence-electron chi connectivity index (χ0n) is 43.4. The third kappa shape index (κ3) is 10.4. The van der Waals surface area contributed by atoms with E-state index in [0.717, 1.165) is 34.1 Å². The van der Waals surface area contributed by atoms with Crippen molar-refractivity contribution in [1.29, 1.82) is 10.5 Å². The Bertz CT molecular complexity index is 3210. The second-order valence-corrected chi connectivity index (χ2v) is 17.6. The highest BCUT2D eigenvalue weighted by Gasteiger charge is 2.26. The fraction of sp³-hybridized carbons (Fsp3) is 0.375. The molecule has 10 heterocycles. The molecule has 3 N–H and O–H groups in total. The second-order valence-electron chi connectivity index (χ2n) is 17.6. The number of rotatable bonds is 15. The van der Waals surface area contributed by atoms with Crippen LogP contribution in [-0.2, 0) is 14.2 Å². The molecule has 78 heavy (non-hydrogen) atoms. The molecule has 0 bridgehead atoms. The molecular formula is C48H51N27O3. The van der Waals surface area contributed by atoms with E-state index in [1.54, 1.807) is 21.1 Å². The molecule has 0 atom stereocenters. The van der Waals surface area contributed by atoms with E-state index in [-0.39, 0.29) is 52.1 Å². The maximum atomic E-state index is 10.4. The Balaban J connectivity index is 1.10. The van der Waals surface area contributed by atoms with Gasteiger partial charge in [0.05, 0.1) is 64.8 Å². The van der Waals surface area contributed by atoms with Crippen LogP contribution in [-0.4, -0.2) is 159 Å². The number of nitrogens with zero attached hydrogens (tertiary/aromatic N) is 24. The van der Waals surface area contributed by atoms with E-state index < -0.39 is 0 Å². The van der Waals surface area contributed by atoms with E-state index in [4.69, 9.17) is 50.7 Å². The predicted octanol–water partition coefficient (Wildman–Crippen LogP) is 6.71. The number of nitrogens with one attached hydrogen (secondary N) is 3.